The second-order valence-electron chi connectivity index (χ2n) is 3.57. The number of aliphatic imine (C=N–C) groups is 1. The first-order chi connectivity index (χ1) is 7.77. The molecule has 0 amide bonds. The van der Waals surface area contributed by atoms with E-state index in [0.717, 1.165) is 11.3 Å². The van der Waals surface area contributed by atoms with Crippen LogP contribution in [0.3, 0.4) is 0 Å². The van der Waals surface area contributed by atoms with Crippen molar-refractivity contribution in [3.63, 3.8) is 0 Å². The van der Waals surface area contributed by atoms with Crippen LogP contribution in [0, 0.1) is 10.5 Å². The molecule has 80 valence electrons. The van der Waals surface area contributed by atoms with Crippen LogP contribution in [0.2, 0.25) is 0 Å². The van der Waals surface area contributed by atoms with Crippen LogP contribution in [-0.4, -0.2) is 6.21 Å². The molecule has 0 aromatic heterocycles. The van der Waals surface area contributed by atoms with Gasteiger partial charge in [0, 0.05) is 15.3 Å². The number of hydrogen-bond acceptors (Lipinski definition) is 1. The molecule has 0 fully saturated rings. The van der Waals surface area contributed by atoms with Gasteiger partial charge in [0.2, 0.25) is 0 Å². The maximum absolute atomic E-state index is 4.51. The first-order valence-electron chi connectivity index (χ1n) is 5.11. The zero-order valence-electron chi connectivity index (χ0n) is 9.02. The van der Waals surface area contributed by atoms with Crippen LogP contribution in [0.1, 0.15) is 11.1 Å². The van der Waals surface area contributed by atoms with Gasteiger partial charge in [-0.05, 0) is 47.2 Å². The molecule has 16 heavy (non-hydrogen) atoms. The lowest BCUT2D eigenvalue weighted by molar-refractivity contribution is 1.40. The average Bonchev–Trinajstić information content (AvgIpc) is 2.30. The zero-order chi connectivity index (χ0) is 11.4. The zero-order valence-corrected chi connectivity index (χ0v) is 11.2. The quantitative estimate of drug-likeness (QED) is 0.576. The third-order valence-corrected chi connectivity index (χ3v) is 3.35. The van der Waals surface area contributed by atoms with E-state index in [4.69, 9.17) is 0 Å². The molecule has 0 bridgehead atoms. The lowest BCUT2D eigenvalue weighted by Gasteiger charge is -1.99. The van der Waals surface area contributed by atoms with Crippen molar-refractivity contribution >= 4 is 34.5 Å². The third-order valence-electron chi connectivity index (χ3n) is 2.36. The number of hydrogen-bond donors (Lipinski definition) is 0. The van der Waals surface area contributed by atoms with Crippen LogP contribution in [0.4, 0.5) is 5.69 Å². The Morgan fingerprint density at radius 1 is 1.00 bits per heavy atom. The molecule has 0 heterocycles. The molecule has 0 unspecified atom stereocenters. The highest BCUT2D eigenvalue weighted by molar-refractivity contribution is 14.1. The van der Waals surface area contributed by atoms with Crippen LogP contribution in [-0.2, 0) is 0 Å². The van der Waals surface area contributed by atoms with Crippen LogP contribution in [0.5, 0.6) is 0 Å². The van der Waals surface area contributed by atoms with E-state index in [2.05, 4.69) is 52.7 Å². The maximum Gasteiger partial charge on any atom is 0.0659 e. The fraction of sp³-hybridized carbons (Fsp3) is 0.0714. The average molecular weight is 321 g/mol. The third kappa shape index (κ3) is 2.70. The largest absolute Gasteiger partial charge is 0.256 e. The molecular formula is C14H12IN. The molecule has 0 atom stereocenters. The Bertz CT molecular complexity index is 470. The number of nitrogens with zero attached hydrogens (tertiary/aromatic N) is 1. The summed E-state index contributed by atoms with van der Waals surface area (Å²) < 4.78 is 1.22. The van der Waals surface area contributed by atoms with Crippen LogP contribution < -0.4 is 0 Å². The van der Waals surface area contributed by atoms with Crippen LogP contribution >= 0.6 is 22.6 Å². The Morgan fingerprint density at radius 2 is 1.69 bits per heavy atom. The van der Waals surface area contributed by atoms with Crippen molar-refractivity contribution in [2.75, 3.05) is 0 Å². The van der Waals surface area contributed by atoms with Gasteiger partial charge in [0.05, 0.1) is 5.69 Å². The highest BCUT2D eigenvalue weighted by Gasteiger charge is 1.95. The molecule has 0 spiro atoms. The van der Waals surface area contributed by atoms with Crippen molar-refractivity contribution in [2.45, 2.75) is 6.92 Å². The Morgan fingerprint density at radius 3 is 2.44 bits per heavy atom. The normalized spacial score (nSPS) is 10.9. The summed E-state index contributed by atoms with van der Waals surface area (Å²) in [5.41, 5.74) is 3.39. The van der Waals surface area contributed by atoms with Crippen molar-refractivity contribution in [1.82, 2.24) is 0 Å². The van der Waals surface area contributed by atoms with Crippen molar-refractivity contribution in [2.24, 2.45) is 4.99 Å². The Kier molecular flexibility index (Phi) is 3.72. The summed E-state index contributed by atoms with van der Waals surface area (Å²) in [7, 11) is 0. The molecule has 0 saturated carbocycles. The first-order valence-corrected chi connectivity index (χ1v) is 6.19. The van der Waals surface area contributed by atoms with E-state index in [1.165, 1.54) is 9.13 Å². The van der Waals surface area contributed by atoms with Crippen LogP contribution in [0.15, 0.2) is 53.5 Å². The second-order valence-corrected chi connectivity index (χ2v) is 4.73. The Labute approximate surface area is 109 Å². The van der Waals surface area contributed by atoms with Gasteiger partial charge >= 0.3 is 0 Å². The molecular weight excluding hydrogens is 309 g/mol. The second kappa shape index (κ2) is 5.25. The minimum absolute atomic E-state index is 1.03. The topological polar surface area (TPSA) is 12.4 Å². The predicted octanol–water partition coefficient (Wildman–Crippen LogP) is 4.35. The first kappa shape index (κ1) is 11.3. The molecule has 0 aliphatic rings. The summed E-state index contributed by atoms with van der Waals surface area (Å²) in [6.07, 6.45) is 1.92. The SMILES string of the molecule is Cc1ccccc1N=Cc1ccccc1I. The van der Waals surface area contributed by atoms with Crippen LogP contribution in [0.25, 0.3) is 0 Å². The van der Waals surface area contributed by atoms with E-state index in [1.807, 2.05) is 36.5 Å². The van der Waals surface area contributed by atoms with Gasteiger partial charge < -0.3 is 0 Å². The molecule has 0 N–H and O–H groups in total. The fourth-order valence-electron chi connectivity index (χ4n) is 1.43. The Hall–Kier alpha value is -1.16. The standard InChI is InChI=1S/C14H12IN/c1-11-6-2-5-9-14(11)16-10-12-7-3-4-8-13(12)15/h2-10H,1H3. The molecule has 1 nitrogen and oxygen atoms in total. The summed E-state index contributed by atoms with van der Waals surface area (Å²) in [4.78, 5) is 4.51. The number of halogens is 1. The lowest BCUT2D eigenvalue weighted by Crippen LogP contribution is -1.85. The molecule has 0 saturated heterocycles. The van der Waals surface area contributed by atoms with Crippen molar-refractivity contribution in [3.8, 4) is 0 Å². The van der Waals surface area contributed by atoms with Gasteiger partial charge in [0.25, 0.3) is 0 Å². The molecule has 0 radical (unpaired) electrons. The van der Waals surface area contributed by atoms with E-state index in [-0.39, 0.29) is 0 Å². The lowest BCUT2D eigenvalue weighted by atomic mass is 10.2. The molecule has 2 heteroatoms. The highest BCUT2D eigenvalue weighted by atomic mass is 127. The fourth-order valence-corrected chi connectivity index (χ4v) is 1.95. The number of rotatable bonds is 2. The van der Waals surface area contributed by atoms with Gasteiger partial charge in [-0.3, -0.25) is 4.99 Å². The maximum atomic E-state index is 4.51. The summed E-state index contributed by atoms with van der Waals surface area (Å²) >= 11 is 2.32. The Balaban J connectivity index is 2.29. The molecule has 2 aromatic rings. The minimum Gasteiger partial charge on any atom is -0.256 e. The van der Waals surface area contributed by atoms with E-state index >= 15 is 0 Å². The van der Waals surface area contributed by atoms with Crippen molar-refractivity contribution < 1.29 is 0 Å². The van der Waals surface area contributed by atoms with Gasteiger partial charge in [0.15, 0.2) is 0 Å². The van der Waals surface area contributed by atoms with E-state index in [0.29, 0.717) is 0 Å². The van der Waals surface area contributed by atoms with E-state index < -0.39 is 0 Å². The summed E-state index contributed by atoms with van der Waals surface area (Å²) in [6.45, 7) is 2.07. The van der Waals surface area contributed by atoms with Gasteiger partial charge in [-0.15, -0.1) is 0 Å². The summed E-state index contributed by atoms with van der Waals surface area (Å²) in [5, 5.41) is 0. The van der Waals surface area contributed by atoms with Crippen molar-refractivity contribution in [1.29, 1.82) is 0 Å². The summed E-state index contributed by atoms with van der Waals surface area (Å²) in [5.74, 6) is 0. The monoisotopic (exact) mass is 321 g/mol. The van der Waals surface area contributed by atoms with Gasteiger partial charge in [-0.2, -0.15) is 0 Å². The van der Waals surface area contributed by atoms with E-state index in [9.17, 15) is 0 Å². The highest BCUT2D eigenvalue weighted by Crippen LogP contribution is 2.17. The molecule has 0 aliphatic heterocycles. The van der Waals surface area contributed by atoms with Crippen molar-refractivity contribution in [3.05, 3.63) is 63.2 Å². The van der Waals surface area contributed by atoms with Gasteiger partial charge in [-0.1, -0.05) is 36.4 Å². The summed E-state index contributed by atoms with van der Waals surface area (Å²) in [6, 6.07) is 16.4. The minimum atomic E-state index is 1.03. The molecule has 2 rings (SSSR count). The smallest absolute Gasteiger partial charge is 0.0659 e. The number of aryl methyl sites for hydroxylation is 1. The number of para-hydroxylation sites is 1. The van der Waals surface area contributed by atoms with Gasteiger partial charge in [-0.25, -0.2) is 0 Å². The van der Waals surface area contributed by atoms with E-state index in [1.54, 1.807) is 0 Å². The predicted molar refractivity (Wildman–Crippen MR) is 77.6 cm³/mol. The number of benzene rings is 2. The molecule has 0 aliphatic carbocycles. The van der Waals surface area contributed by atoms with Gasteiger partial charge in [0.1, 0.15) is 0 Å². The molecule has 2 aromatic carbocycles.